The molecule has 1 atom stereocenters. The van der Waals surface area contributed by atoms with E-state index < -0.39 is 0 Å². The molecule has 20 heavy (non-hydrogen) atoms. The summed E-state index contributed by atoms with van der Waals surface area (Å²) < 4.78 is 11.1. The molecule has 0 amide bonds. The summed E-state index contributed by atoms with van der Waals surface area (Å²) in [4.78, 5) is 0. The van der Waals surface area contributed by atoms with Crippen LogP contribution in [0.5, 0.6) is 11.5 Å². The van der Waals surface area contributed by atoms with E-state index in [2.05, 4.69) is 32.0 Å². The van der Waals surface area contributed by atoms with Gasteiger partial charge in [-0.05, 0) is 48.2 Å². The molecule has 3 nitrogen and oxygen atoms in total. The molecule has 1 heterocycles. The second-order valence-electron chi connectivity index (χ2n) is 5.22. The fourth-order valence-electron chi connectivity index (χ4n) is 2.40. The first-order valence-corrected chi connectivity index (χ1v) is 6.87. The Labute approximate surface area is 119 Å². The van der Waals surface area contributed by atoms with Crippen molar-refractivity contribution in [3.05, 3.63) is 58.7 Å². The lowest BCUT2D eigenvalue weighted by Gasteiger charge is -2.21. The molecule has 1 unspecified atom stereocenters. The molecular formula is C17H19NO2. The first-order valence-electron chi connectivity index (χ1n) is 6.87. The smallest absolute Gasteiger partial charge is 0.161 e. The van der Waals surface area contributed by atoms with Crippen LogP contribution >= 0.6 is 0 Å². The van der Waals surface area contributed by atoms with Gasteiger partial charge in [0, 0.05) is 0 Å². The van der Waals surface area contributed by atoms with Crippen molar-refractivity contribution >= 4 is 0 Å². The van der Waals surface area contributed by atoms with Crippen LogP contribution in [0.1, 0.15) is 28.3 Å². The van der Waals surface area contributed by atoms with E-state index in [1.165, 1.54) is 11.1 Å². The molecular weight excluding hydrogens is 250 g/mol. The van der Waals surface area contributed by atoms with Crippen LogP contribution in [0.4, 0.5) is 0 Å². The molecule has 3 heteroatoms. The van der Waals surface area contributed by atoms with Gasteiger partial charge in [-0.2, -0.15) is 0 Å². The van der Waals surface area contributed by atoms with Crippen molar-refractivity contribution in [1.29, 1.82) is 0 Å². The van der Waals surface area contributed by atoms with Crippen LogP contribution < -0.4 is 15.2 Å². The number of rotatable bonds is 2. The summed E-state index contributed by atoms with van der Waals surface area (Å²) in [5.41, 5.74) is 11.1. The highest BCUT2D eigenvalue weighted by Crippen LogP contribution is 2.33. The Balaban J connectivity index is 1.93. The Bertz CT molecular complexity index is 637. The molecule has 0 spiro atoms. The van der Waals surface area contributed by atoms with Crippen LogP contribution in [0.15, 0.2) is 36.4 Å². The van der Waals surface area contributed by atoms with E-state index in [1.807, 2.05) is 18.2 Å². The van der Waals surface area contributed by atoms with Gasteiger partial charge in [-0.25, -0.2) is 0 Å². The van der Waals surface area contributed by atoms with Gasteiger partial charge in [0.2, 0.25) is 0 Å². The number of aryl methyl sites for hydroxylation is 2. The molecule has 1 aliphatic heterocycles. The molecule has 2 N–H and O–H groups in total. The Hall–Kier alpha value is -2.00. The second-order valence-corrected chi connectivity index (χ2v) is 5.22. The predicted octanol–water partition coefficient (Wildman–Crippen LogP) is 3.12. The number of nitrogens with two attached hydrogens (primary N) is 1. The minimum Gasteiger partial charge on any atom is -0.486 e. The molecule has 2 aromatic carbocycles. The van der Waals surface area contributed by atoms with E-state index in [4.69, 9.17) is 15.2 Å². The van der Waals surface area contributed by atoms with Gasteiger partial charge in [0.15, 0.2) is 11.5 Å². The van der Waals surface area contributed by atoms with Crippen molar-refractivity contribution in [3.8, 4) is 11.5 Å². The fourth-order valence-corrected chi connectivity index (χ4v) is 2.40. The molecule has 0 saturated heterocycles. The van der Waals surface area contributed by atoms with Crippen LogP contribution in [0, 0.1) is 13.8 Å². The van der Waals surface area contributed by atoms with Crippen molar-refractivity contribution in [1.82, 2.24) is 0 Å². The van der Waals surface area contributed by atoms with E-state index in [1.54, 1.807) is 0 Å². The normalized spacial score (nSPS) is 14.9. The lowest BCUT2D eigenvalue weighted by molar-refractivity contribution is 0.171. The van der Waals surface area contributed by atoms with Crippen LogP contribution in [0.3, 0.4) is 0 Å². The van der Waals surface area contributed by atoms with Gasteiger partial charge in [0.25, 0.3) is 0 Å². The molecule has 0 saturated carbocycles. The quantitative estimate of drug-likeness (QED) is 0.911. The monoisotopic (exact) mass is 269 g/mol. The minimum atomic E-state index is -0.148. The third-order valence-corrected chi connectivity index (χ3v) is 3.82. The summed E-state index contributed by atoms with van der Waals surface area (Å²) in [6.07, 6.45) is 0. The molecule has 3 rings (SSSR count). The molecule has 0 bridgehead atoms. The van der Waals surface area contributed by atoms with Crippen molar-refractivity contribution in [2.75, 3.05) is 13.2 Å². The van der Waals surface area contributed by atoms with Crippen LogP contribution in [0.25, 0.3) is 0 Å². The standard InChI is InChI=1S/C17H19NO2/c1-11-3-4-13(9-12(11)2)17(18)14-5-6-15-16(10-14)20-8-7-19-15/h3-6,9-10,17H,7-8,18H2,1-2H3. The molecule has 0 aromatic heterocycles. The summed E-state index contributed by atoms with van der Waals surface area (Å²) in [6, 6.07) is 12.1. The van der Waals surface area contributed by atoms with Gasteiger partial charge in [-0.3, -0.25) is 0 Å². The highest BCUT2D eigenvalue weighted by Gasteiger charge is 2.16. The average molecular weight is 269 g/mol. The molecule has 0 fully saturated rings. The van der Waals surface area contributed by atoms with Crippen molar-refractivity contribution < 1.29 is 9.47 Å². The number of benzene rings is 2. The Morgan fingerprint density at radius 1 is 0.850 bits per heavy atom. The molecule has 104 valence electrons. The largest absolute Gasteiger partial charge is 0.486 e. The van der Waals surface area contributed by atoms with Crippen molar-refractivity contribution in [2.24, 2.45) is 5.73 Å². The molecule has 0 radical (unpaired) electrons. The van der Waals surface area contributed by atoms with Crippen molar-refractivity contribution in [2.45, 2.75) is 19.9 Å². The zero-order valence-corrected chi connectivity index (χ0v) is 11.8. The van der Waals surface area contributed by atoms with Gasteiger partial charge < -0.3 is 15.2 Å². The lowest BCUT2D eigenvalue weighted by Crippen LogP contribution is -2.17. The summed E-state index contributed by atoms with van der Waals surface area (Å²) in [5, 5.41) is 0. The third-order valence-electron chi connectivity index (χ3n) is 3.82. The zero-order chi connectivity index (χ0) is 14.1. The molecule has 0 aliphatic carbocycles. The maximum atomic E-state index is 6.37. The highest BCUT2D eigenvalue weighted by molar-refractivity contribution is 5.47. The van der Waals surface area contributed by atoms with E-state index in [0.717, 1.165) is 22.6 Å². The van der Waals surface area contributed by atoms with Gasteiger partial charge in [0.05, 0.1) is 6.04 Å². The number of fused-ring (bicyclic) bond motifs is 1. The zero-order valence-electron chi connectivity index (χ0n) is 11.8. The number of hydrogen-bond acceptors (Lipinski definition) is 3. The number of ether oxygens (including phenoxy) is 2. The summed E-state index contributed by atoms with van der Waals surface area (Å²) >= 11 is 0. The first kappa shape index (κ1) is 13.0. The van der Waals surface area contributed by atoms with E-state index in [9.17, 15) is 0 Å². The van der Waals surface area contributed by atoms with Crippen LogP contribution in [0.2, 0.25) is 0 Å². The SMILES string of the molecule is Cc1ccc(C(N)c2ccc3c(c2)OCCO3)cc1C. The topological polar surface area (TPSA) is 44.5 Å². The van der Waals surface area contributed by atoms with Gasteiger partial charge in [0.1, 0.15) is 13.2 Å². The van der Waals surface area contributed by atoms with Gasteiger partial charge in [-0.1, -0.05) is 24.3 Å². The summed E-state index contributed by atoms with van der Waals surface area (Å²) in [7, 11) is 0. The minimum absolute atomic E-state index is 0.148. The van der Waals surface area contributed by atoms with E-state index in [-0.39, 0.29) is 6.04 Å². The molecule has 1 aliphatic rings. The summed E-state index contributed by atoms with van der Waals surface area (Å²) in [5.74, 6) is 1.58. The second kappa shape index (κ2) is 5.17. The maximum absolute atomic E-state index is 6.37. The van der Waals surface area contributed by atoms with Gasteiger partial charge in [-0.15, -0.1) is 0 Å². The predicted molar refractivity (Wildman–Crippen MR) is 79.4 cm³/mol. The van der Waals surface area contributed by atoms with Crippen LogP contribution in [-0.4, -0.2) is 13.2 Å². The van der Waals surface area contributed by atoms with E-state index >= 15 is 0 Å². The van der Waals surface area contributed by atoms with Crippen molar-refractivity contribution in [3.63, 3.8) is 0 Å². The maximum Gasteiger partial charge on any atom is 0.161 e. The highest BCUT2D eigenvalue weighted by atomic mass is 16.6. The Morgan fingerprint density at radius 3 is 2.25 bits per heavy atom. The first-order chi connectivity index (χ1) is 9.65. The average Bonchev–Trinajstić information content (AvgIpc) is 2.49. The third kappa shape index (κ3) is 2.37. The Kier molecular flexibility index (Phi) is 3.36. The molecule has 2 aromatic rings. The lowest BCUT2D eigenvalue weighted by atomic mass is 9.96. The van der Waals surface area contributed by atoms with Crippen LogP contribution in [-0.2, 0) is 0 Å². The summed E-state index contributed by atoms with van der Waals surface area (Å²) in [6.45, 7) is 5.41. The fraction of sp³-hybridized carbons (Fsp3) is 0.294. The number of hydrogen-bond donors (Lipinski definition) is 1. The Morgan fingerprint density at radius 2 is 1.50 bits per heavy atom. The van der Waals surface area contributed by atoms with Gasteiger partial charge >= 0.3 is 0 Å². The van der Waals surface area contributed by atoms with E-state index in [0.29, 0.717) is 13.2 Å².